The van der Waals surface area contributed by atoms with Crippen molar-refractivity contribution in [2.45, 2.75) is 0 Å². The molecule has 0 bridgehead atoms. The molecule has 0 aliphatic rings. The molecule has 6 aromatic carbocycles. The summed E-state index contributed by atoms with van der Waals surface area (Å²) in [4.78, 5) is 47.6. The molecule has 280 valence electrons. The Morgan fingerprint density at radius 3 is 1.40 bits per heavy atom. The summed E-state index contributed by atoms with van der Waals surface area (Å²) in [7, 11) is 0. The summed E-state index contributed by atoms with van der Waals surface area (Å²) >= 11 is 0. The van der Waals surface area contributed by atoms with Gasteiger partial charge >= 0.3 is 17.6 Å². The molecule has 0 saturated carbocycles. The maximum atomic E-state index is 11.4. The Morgan fingerprint density at radius 2 is 0.966 bits per heavy atom. The molecule has 0 saturated heterocycles. The van der Waals surface area contributed by atoms with E-state index in [0.717, 1.165) is 64.1 Å². The van der Waals surface area contributed by atoms with Crippen molar-refractivity contribution < 1.29 is 14.2 Å². The quantitative estimate of drug-likeness (QED) is 0.0552. The van der Waals surface area contributed by atoms with Gasteiger partial charge in [-0.05, 0) is 21.5 Å². The van der Waals surface area contributed by atoms with Crippen molar-refractivity contribution >= 4 is 77.3 Å². The molecule has 0 atom stereocenters. The summed E-state index contributed by atoms with van der Waals surface area (Å²) in [5.74, 6) is 0.142. The number of nitrogen functional groups attached to an aromatic ring is 2. The first-order valence-corrected chi connectivity index (χ1v) is 18.1. The molecule has 0 spiro atoms. The van der Waals surface area contributed by atoms with E-state index in [9.17, 15) is 9.59 Å². The number of carbonyl (C=O) groups excluding carboxylic acids is 2. The molecule has 0 amide bonds. The van der Waals surface area contributed by atoms with Gasteiger partial charge in [0.2, 0.25) is 5.82 Å². The van der Waals surface area contributed by atoms with Crippen LogP contribution in [0.3, 0.4) is 0 Å². The minimum absolute atomic E-state index is 0.666. The minimum atomic E-state index is -0.666. The highest BCUT2D eigenvalue weighted by atomic mass is 16.2. The first-order valence-electron chi connectivity index (χ1n) is 18.1. The van der Waals surface area contributed by atoms with E-state index >= 15 is 0 Å². The smallest absolute Gasteiger partial charge is 0.322 e. The van der Waals surface area contributed by atoms with Crippen LogP contribution in [0.25, 0.3) is 65.8 Å². The number of imidazole rings is 4. The normalized spacial score (nSPS) is 11.0. The topological polar surface area (TPSA) is 185 Å². The third kappa shape index (κ3) is 6.31. The number of hydrogen-bond acceptors (Lipinski definition) is 9. The highest BCUT2D eigenvalue weighted by molar-refractivity contribution is 6.36. The number of anilines is 2. The first kappa shape index (κ1) is 35.2. The van der Waals surface area contributed by atoms with Crippen molar-refractivity contribution in [3.05, 3.63) is 172 Å². The van der Waals surface area contributed by atoms with Crippen LogP contribution < -0.4 is 16.0 Å². The molecule has 0 aliphatic heterocycles. The van der Waals surface area contributed by atoms with Crippen LogP contribution in [0, 0.1) is 0 Å². The van der Waals surface area contributed by atoms with Crippen molar-refractivity contribution in [1.29, 1.82) is 0 Å². The van der Waals surface area contributed by atoms with Crippen LogP contribution in [0.5, 0.6) is 0 Å². The molecule has 5 aromatic heterocycles. The monoisotopic (exact) mass is 761 g/mol. The number of benzene rings is 6. The van der Waals surface area contributed by atoms with Crippen LogP contribution in [-0.2, 0) is 0 Å². The van der Waals surface area contributed by atoms with Crippen molar-refractivity contribution in [2.24, 2.45) is 0 Å². The number of aromatic nitrogens is 10. The van der Waals surface area contributed by atoms with Gasteiger partial charge in [0, 0.05) is 58.7 Å². The summed E-state index contributed by atoms with van der Waals surface area (Å²) in [6.45, 7) is 0. The third-order valence-corrected chi connectivity index (χ3v) is 9.73. The average Bonchev–Trinajstić information content (AvgIpc) is 4.14. The van der Waals surface area contributed by atoms with Crippen molar-refractivity contribution in [2.75, 3.05) is 11.5 Å². The van der Waals surface area contributed by atoms with Gasteiger partial charge in [0.25, 0.3) is 0 Å². The van der Waals surface area contributed by atoms with E-state index in [-0.39, 0.29) is 0 Å². The number of hydrogen-bond donors (Lipinski definition) is 3. The van der Waals surface area contributed by atoms with Crippen LogP contribution in [0.1, 0.15) is 9.59 Å². The Morgan fingerprint density at radius 1 is 0.534 bits per heavy atom. The molecule has 0 aliphatic carbocycles. The van der Waals surface area contributed by atoms with Crippen molar-refractivity contribution in [3.63, 3.8) is 0 Å². The lowest BCUT2D eigenvalue weighted by molar-refractivity contribution is -0.597. The standard InChI is InChI=1S/C22H14N6.C14H12N2.C8H6N4O2/c1-3-7-17-15(5-1)16-6-2-4-8-18(16)20-19(17)25-21(27-11-9-23-13-27)22(26-20)28-12-10-24-14-28;15-13-11-7-3-1-5-9(11)10-6-2-4-8-12(10)14(13)16;13-7(11-3-1-9-5-11)8(14)12-4-2-10-6-12/h1-14H;1-8H,15-16H2;1-6H/p+1. The highest BCUT2D eigenvalue weighted by Crippen LogP contribution is 2.36. The molecule has 14 heteroatoms. The van der Waals surface area contributed by atoms with Crippen molar-refractivity contribution in [1.82, 2.24) is 43.6 Å². The lowest BCUT2D eigenvalue weighted by Gasteiger charge is -2.10. The molecule has 0 fully saturated rings. The van der Waals surface area contributed by atoms with E-state index in [1.54, 1.807) is 12.5 Å². The Kier molecular flexibility index (Phi) is 9.08. The lowest BCUT2D eigenvalue weighted by Crippen LogP contribution is -2.31. The SMILES string of the molecule is Nc1c(N)c2ccccc2c2ccccc12.O=C(C(=O)n1ccnc1)n1ccnc1.c1ccc2c(c1)c1ccccc1c1nc(-[n+]3cc[nH]c3)c(-n3ccnc3)nc21. The molecule has 11 rings (SSSR count). The molecule has 14 nitrogen and oxygen atoms in total. The Hall–Kier alpha value is -8.52. The summed E-state index contributed by atoms with van der Waals surface area (Å²) in [5.41, 5.74) is 15.2. The highest BCUT2D eigenvalue weighted by Gasteiger charge is 2.22. The average molecular weight is 762 g/mol. The molecule has 0 unspecified atom stereocenters. The molecule has 5 N–H and O–H groups in total. The fourth-order valence-corrected chi connectivity index (χ4v) is 6.97. The molecule has 5 heterocycles. The maximum absolute atomic E-state index is 11.4. The van der Waals surface area contributed by atoms with E-state index < -0.39 is 11.8 Å². The summed E-state index contributed by atoms with van der Waals surface area (Å²) in [6, 6.07) is 32.9. The fourth-order valence-electron chi connectivity index (χ4n) is 6.97. The Labute approximate surface area is 329 Å². The number of nitrogens with one attached hydrogen (secondary N) is 1. The van der Waals surface area contributed by atoms with E-state index in [1.807, 2.05) is 82.6 Å². The number of rotatable bonds is 2. The van der Waals surface area contributed by atoms with Gasteiger partial charge in [0.1, 0.15) is 30.7 Å². The molecule has 0 radical (unpaired) electrons. The van der Waals surface area contributed by atoms with Gasteiger partial charge in [-0.1, -0.05) is 102 Å². The molecular weight excluding hydrogens is 729 g/mol. The molecule has 58 heavy (non-hydrogen) atoms. The number of fused-ring (bicyclic) bond motifs is 9. The van der Waals surface area contributed by atoms with E-state index in [1.165, 1.54) is 48.2 Å². The van der Waals surface area contributed by atoms with Crippen LogP contribution >= 0.6 is 0 Å². The zero-order chi connectivity index (χ0) is 39.6. The summed E-state index contributed by atoms with van der Waals surface area (Å²) in [6.07, 6.45) is 19.3. The van der Waals surface area contributed by atoms with Gasteiger partial charge in [-0.25, -0.2) is 24.5 Å². The second-order valence-electron chi connectivity index (χ2n) is 13.1. The summed E-state index contributed by atoms with van der Waals surface area (Å²) < 4.78 is 6.06. The van der Waals surface area contributed by atoms with Gasteiger partial charge in [0.15, 0.2) is 11.8 Å². The van der Waals surface area contributed by atoms with Crippen LogP contribution in [-0.4, -0.2) is 55.4 Å². The zero-order valence-electron chi connectivity index (χ0n) is 30.7. The third-order valence-electron chi connectivity index (χ3n) is 9.73. The van der Waals surface area contributed by atoms with Crippen molar-refractivity contribution in [3.8, 4) is 11.6 Å². The number of H-pyrrole nitrogens is 1. The second-order valence-corrected chi connectivity index (χ2v) is 13.1. The second kappa shape index (κ2) is 15.0. The lowest BCUT2D eigenvalue weighted by atomic mass is 9.99. The van der Waals surface area contributed by atoms with Gasteiger partial charge in [0.05, 0.1) is 17.6 Å². The van der Waals surface area contributed by atoms with E-state index in [2.05, 4.69) is 68.5 Å². The molecule has 11 aromatic rings. The van der Waals surface area contributed by atoms with Crippen LogP contribution in [0.15, 0.2) is 172 Å². The van der Waals surface area contributed by atoms with Gasteiger partial charge < -0.3 is 11.5 Å². The zero-order valence-corrected chi connectivity index (χ0v) is 30.7. The number of carbonyl (C=O) groups is 2. The fraction of sp³-hybridized carbons (Fsp3) is 0. The van der Waals surface area contributed by atoms with Gasteiger partial charge in [-0.15, -0.1) is 0 Å². The van der Waals surface area contributed by atoms with E-state index in [4.69, 9.17) is 21.4 Å². The largest absolute Gasteiger partial charge is 0.397 e. The van der Waals surface area contributed by atoms with E-state index in [0.29, 0.717) is 11.4 Å². The van der Waals surface area contributed by atoms with Crippen LogP contribution in [0.4, 0.5) is 11.4 Å². The van der Waals surface area contributed by atoms with Gasteiger partial charge in [-0.3, -0.25) is 28.3 Å². The molecular formula is C44H33N12O2+. The first-order chi connectivity index (χ1) is 28.5. The number of nitrogens with two attached hydrogens (primary N) is 2. The maximum Gasteiger partial charge on any atom is 0.322 e. The van der Waals surface area contributed by atoms with Gasteiger partial charge in [-0.2, -0.15) is 0 Å². The number of nitrogens with zero attached hydrogens (tertiary/aromatic N) is 9. The predicted molar refractivity (Wildman–Crippen MR) is 224 cm³/mol. The van der Waals surface area contributed by atoms with Crippen LogP contribution in [0.2, 0.25) is 0 Å². The Balaban J connectivity index is 0.000000123. The number of aromatic amines is 1. The minimum Gasteiger partial charge on any atom is -0.397 e. The Bertz CT molecular complexity index is 3010. The summed E-state index contributed by atoms with van der Waals surface area (Å²) in [5, 5.41) is 8.92. The predicted octanol–water partition coefficient (Wildman–Crippen LogP) is 6.94.